The van der Waals surface area contributed by atoms with Gasteiger partial charge in [-0.25, -0.2) is 0 Å². The summed E-state index contributed by atoms with van der Waals surface area (Å²) in [6, 6.07) is 0. The average molecular weight is 152 g/mol. The molecule has 0 radical (unpaired) electrons. The first-order valence-electron chi connectivity index (χ1n) is 4.91. The Balaban J connectivity index is 2.51. The van der Waals surface area contributed by atoms with Crippen LogP contribution in [0.2, 0.25) is 0 Å². The Kier molecular flexibility index (Phi) is 3.16. The van der Waals surface area contributed by atoms with E-state index in [4.69, 9.17) is 0 Å². The van der Waals surface area contributed by atoms with Gasteiger partial charge in [0.15, 0.2) is 0 Å². The first-order valence-corrected chi connectivity index (χ1v) is 4.91. The van der Waals surface area contributed by atoms with Crippen LogP contribution in [0.5, 0.6) is 0 Å². The van der Waals surface area contributed by atoms with Crippen LogP contribution in [0.1, 0.15) is 46.5 Å². The van der Waals surface area contributed by atoms with Crippen molar-refractivity contribution in [1.82, 2.24) is 0 Å². The molecule has 1 aliphatic rings. The molecule has 2 unspecified atom stereocenters. The van der Waals surface area contributed by atoms with Crippen molar-refractivity contribution >= 4 is 0 Å². The second kappa shape index (κ2) is 3.94. The van der Waals surface area contributed by atoms with Crippen LogP contribution in [0.3, 0.4) is 0 Å². The summed E-state index contributed by atoms with van der Waals surface area (Å²) >= 11 is 0. The lowest BCUT2D eigenvalue weighted by atomic mass is 9.82. The lowest BCUT2D eigenvalue weighted by Crippen LogP contribution is -2.11. The molecule has 1 aliphatic carbocycles. The highest BCUT2D eigenvalue weighted by molar-refractivity contribution is 5.05. The fraction of sp³-hybridized carbons (Fsp3) is 0.818. The molecule has 0 spiro atoms. The van der Waals surface area contributed by atoms with E-state index >= 15 is 0 Å². The summed E-state index contributed by atoms with van der Waals surface area (Å²) in [5.41, 5.74) is 1.61. The lowest BCUT2D eigenvalue weighted by Gasteiger charge is -2.24. The molecule has 0 aromatic rings. The minimum atomic E-state index is 0.883. The van der Waals surface area contributed by atoms with Crippen LogP contribution in [0.25, 0.3) is 0 Å². The van der Waals surface area contributed by atoms with Gasteiger partial charge in [0.25, 0.3) is 0 Å². The highest BCUT2D eigenvalue weighted by Crippen LogP contribution is 2.29. The van der Waals surface area contributed by atoms with Gasteiger partial charge in [-0.05, 0) is 38.0 Å². The Hall–Kier alpha value is -0.260. The van der Waals surface area contributed by atoms with Gasteiger partial charge in [-0.3, -0.25) is 0 Å². The van der Waals surface area contributed by atoms with Gasteiger partial charge in [-0.1, -0.05) is 31.9 Å². The number of rotatable bonds is 2. The first kappa shape index (κ1) is 8.83. The zero-order valence-electron chi connectivity index (χ0n) is 8.06. The number of hydrogen-bond acceptors (Lipinski definition) is 0. The smallest absolute Gasteiger partial charge is 0.0205 e. The zero-order chi connectivity index (χ0) is 8.27. The van der Waals surface area contributed by atoms with Gasteiger partial charge >= 0.3 is 0 Å². The second-order valence-electron chi connectivity index (χ2n) is 3.95. The predicted octanol–water partition coefficient (Wildman–Crippen LogP) is 3.78. The molecule has 2 atom stereocenters. The minimum Gasteiger partial charge on any atom is -0.0822 e. The number of hydrogen-bond donors (Lipinski definition) is 0. The van der Waals surface area contributed by atoms with E-state index in [1.807, 2.05) is 0 Å². The largest absolute Gasteiger partial charge is 0.0822 e. The molecule has 0 heterocycles. The topological polar surface area (TPSA) is 0 Å². The van der Waals surface area contributed by atoms with Gasteiger partial charge in [-0.2, -0.15) is 0 Å². The van der Waals surface area contributed by atoms with Crippen molar-refractivity contribution < 1.29 is 0 Å². The molecule has 64 valence electrons. The molecule has 0 saturated heterocycles. The van der Waals surface area contributed by atoms with Crippen molar-refractivity contribution in [3.63, 3.8) is 0 Å². The van der Waals surface area contributed by atoms with Crippen LogP contribution in [0.4, 0.5) is 0 Å². The van der Waals surface area contributed by atoms with Crippen molar-refractivity contribution in [1.29, 1.82) is 0 Å². The normalized spacial score (nSPS) is 27.9. The highest BCUT2D eigenvalue weighted by Gasteiger charge is 2.16. The molecular weight excluding hydrogens is 132 g/mol. The van der Waals surface area contributed by atoms with E-state index in [0.717, 1.165) is 11.8 Å². The van der Waals surface area contributed by atoms with Gasteiger partial charge in [0.1, 0.15) is 0 Å². The van der Waals surface area contributed by atoms with E-state index in [2.05, 4.69) is 26.8 Å². The maximum absolute atomic E-state index is 2.50. The Bertz CT molecular complexity index is 144. The summed E-state index contributed by atoms with van der Waals surface area (Å²) in [5, 5.41) is 0. The number of allylic oxidation sites excluding steroid dienone is 2. The molecule has 0 fully saturated rings. The molecule has 0 aromatic heterocycles. The second-order valence-corrected chi connectivity index (χ2v) is 3.95. The molecule has 0 nitrogen and oxygen atoms in total. The minimum absolute atomic E-state index is 0.883. The van der Waals surface area contributed by atoms with Crippen LogP contribution in [0, 0.1) is 11.8 Å². The monoisotopic (exact) mass is 152 g/mol. The third-order valence-corrected chi connectivity index (χ3v) is 2.98. The summed E-state index contributed by atoms with van der Waals surface area (Å²) in [5.74, 6) is 1.78. The molecule has 0 aliphatic heterocycles. The van der Waals surface area contributed by atoms with E-state index < -0.39 is 0 Å². The van der Waals surface area contributed by atoms with Gasteiger partial charge in [0.05, 0.1) is 0 Å². The highest BCUT2D eigenvalue weighted by atomic mass is 14.2. The Morgan fingerprint density at radius 1 is 1.64 bits per heavy atom. The summed E-state index contributed by atoms with van der Waals surface area (Å²) in [4.78, 5) is 0. The Labute approximate surface area is 70.7 Å². The Morgan fingerprint density at radius 2 is 2.36 bits per heavy atom. The fourth-order valence-corrected chi connectivity index (χ4v) is 1.90. The zero-order valence-corrected chi connectivity index (χ0v) is 8.06. The maximum atomic E-state index is 2.50. The van der Waals surface area contributed by atoms with Crippen molar-refractivity contribution in [3.05, 3.63) is 11.6 Å². The fourth-order valence-electron chi connectivity index (χ4n) is 1.90. The summed E-state index contributed by atoms with van der Waals surface area (Å²) in [7, 11) is 0. The first-order chi connectivity index (χ1) is 5.24. The van der Waals surface area contributed by atoms with E-state index in [0.29, 0.717) is 0 Å². The third-order valence-electron chi connectivity index (χ3n) is 2.98. The van der Waals surface area contributed by atoms with Crippen LogP contribution in [0.15, 0.2) is 11.6 Å². The van der Waals surface area contributed by atoms with Crippen molar-refractivity contribution in [2.24, 2.45) is 11.8 Å². The quantitative estimate of drug-likeness (QED) is 0.528. The van der Waals surface area contributed by atoms with E-state index in [1.165, 1.54) is 25.7 Å². The van der Waals surface area contributed by atoms with Crippen molar-refractivity contribution in [3.8, 4) is 0 Å². The molecule has 0 aromatic carbocycles. The summed E-state index contributed by atoms with van der Waals surface area (Å²) < 4.78 is 0. The standard InChI is InChI=1S/C11H20/c1-4-10(3)11-7-5-6-9(2)8-11/h8,10-11H,4-7H2,1-3H3. The Morgan fingerprint density at radius 3 is 2.91 bits per heavy atom. The summed E-state index contributed by atoms with van der Waals surface area (Å²) in [6.45, 7) is 6.94. The molecule has 0 saturated carbocycles. The van der Waals surface area contributed by atoms with E-state index in [9.17, 15) is 0 Å². The molecule has 0 amide bonds. The predicted molar refractivity (Wildman–Crippen MR) is 50.6 cm³/mol. The van der Waals surface area contributed by atoms with Crippen molar-refractivity contribution in [2.45, 2.75) is 46.5 Å². The molecular formula is C11H20. The summed E-state index contributed by atoms with van der Waals surface area (Å²) in [6.07, 6.45) is 8.00. The van der Waals surface area contributed by atoms with Gasteiger partial charge in [0, 0.05) is 0 Å². The van der Waals surface area contributed by atoms with Gasteiger partial charge < -0.3 is 0 Å². The van der Waals surface area contributed by atoms with Crippen molar-refractivity contribution in [2.75, 3.05) is 0 Å². The van der Waals surface area contributed by atoms with Crippen LogP contribution in [-0.2, 0) is 0 Å². The molecule has 0 heteroatoms. The SMILES string of the molecule is CCC(C)C1C=C(C)CCC1. The van der Waals surface area contributed by atoms with Crippen LogP contribution >= 0.6 is 0 Å². The van der Waals surface area contributed by atoms with Gasteiger partial charge in [0.2, 0.25) is 0 Å². The van der Waals surface area contributed by atoms with E-state index in [-0.39, 0.29) is 0 Å². The van der Waals surface area contributed by atoms with E-state index in [1.54, 1.807) is 5.57 Å². The molecule has 0 N–H and O–H groups in total. The molecule has 0 bridgehead atoms. The molecule has 1 rings (SSSR count). The lowest BCUT2D eigenvalue weighted by molar-refractivity contribution is 0.370. The van der Waals surface area contributed by atoms with Crippen LogP contribution in [-0.4, -0.2) is 0 Å². The third kappa shape index (κ3) is 2.36. The average Bonchev–Trinajstić information content (AvgIpc) is 2.03. The molecule has 11 heavy (non-hydrogen) atoms. The van der Waals surface area contributed by atoms with Gasteiger partial charge in [-0.15, -0.1) is 0 Å². The maximum Gasteiger partial charge on any atom is -0.0205 e. The van der Waals surface area contributed by atoms with Crippen LogP contribution < -0.4 is 0 Å².